The lowest BCUT2D eigenvalue weighted by Gasteiger charge is -2.24. The summed E-state index contributed by atoms with van der Waals surface area (Å²) in [7, 11) is 1.79. The summed E-state index contributed by atoms with van der Waals surface area (Å²) in [5.41, 5.74) is 2.42. The van der Waals surface area contributed by atoms with Gasteiger partial charge in [0, 0.05) is 37.5 Å². The molecule has 1 saturated heterocycles. The Morgan fingerprint density at radius 1 is 1.18 bits per heavy atom. The quantitative estimate of drug-likeness (QED) is 0.664. The van der Waals surface area contributed by atoms with Crippen LogP contribution in [0.3, 0.4) is 0 Å². The van der Waals surface area contributed by atoms with Crippen LogP contribution in [0.2, 0.25) is 0 Å². The second-order valence-electron chi connectivity index (χ2n) is 7.40. The fraction of sp³-hybridized carbons (Fsp3) is 0.304. The molecule has 0 N–H and O–H groups in total. The minimum atomic E-state index is -0.191. The molecule has 0 radical (unpaired) electrons. The molecule has 5 nitrogen and oxygen atoms in total. The van der Waals surface area contributed by atoms with E-state index in [4.69, 9.17) is 4.42 Å². The van der Waals surface area contributed by atoms with Crippen molar-refractivity contribution in [1.82, 2.24) is 9.80 Å². The van der Waals surface area contributed by atoms with E-state index in [0.717, 1.165) is 35.3 Å². The highest BCUT2D eigenvalue weighted by Crippen LogP contribution is 2.27. The van der Waals surface area contributed by atoms with E-state index in [1.54, 1.807) is 11.9 Å². The zero-order valence-corrected chi connectivity index (χ0v) is 16.2. The van der Waals surface area contributed by atoms with Crippen LogP contribution in [0, 0.1) is 0 Å². The molecule has 1 aliphatic heterocycles. The van der Waals surface area contributed by atoms with Gasteiger partial charge in [-0.1, -0.05) is 30.3 Å². The third kappa shape index (κ3) is 3.52. The van der Waals surface area contributed by atoms with Crippen molar-refractivity contribution in [3.05, 3.63) is 71.5 Å². The van der Waals surface area contributed by atoms with E-state index in [-0.39, 0.29) is 17.9 Å². The first-order valence-electron chi connectivity index (χ1n) is 9.65. The maximum Gasteiger partial charge on any atom is 0.254 e. The van der Waals surface area contributed by atoms with Gasteiger partial charge in [-0.25, -0.2) is 0 Å². The van der Waals surface area contributed by atoms with Crippen molar-refractivity contribution in [3.63, 3.8) is 0 Å². The number of carbonyl (C=O) groups excluding carboxylic acids is 2. The molecule has 1 aromatic heterocycles. The van der Waals surface area contributed by atoms with Crippen LogP contribution in [0.5, 0.6) is 0 Å². The van der Waals surface area contributed by atoms with Crippen molar-refractivity contribution in [2.75, 3.05) is 13.6 Å². The Morgan fingerprint density at radius 2 is 2.00 bits per heavy atom. The smallest absolute Gasteiger partial charge is 0.254 e. The maximum atomic E-state index is 13.0. The van der Waals surface area contributed by atoms with Crippen LogP contribution in [-0.2, 0) is 11.3 Å². The van der Waals surface area contributed by atoms with Crippen LogP contribution < -0.4 is 0 Å². The third-order valence-electron chi connectivity index (χ3n) is 5.48. The Morgan fingerprint density at radius 3 is 2.75 bits per heavy atom. The van der Waals surface area contributed by atoms with Gasteiger partial charge in [-0.05, 0) is 43.2 Å². The monoisotopic (exact) mass is 376 g/mol. The van der Waals surface area contributed by atoms with E-state index < -0.39 is 0 Å². The predicted octanol–water partition coefficient (Wildman–Crippen LogP) is 4.39. The first-order valence-corrected chi connectivity index (χ1v) is 9.65. The molecule has 0 unspecified atom stereocenters. The van der Waals surface area contributed by atoms with Crippen LogP contribution in [0.25, 0.3) is 11.0 Å². The zero-order chi connectivity index (χ0) is 19.7. The Kier molecular flexibility index (Phi) is 4.90. The summed E-state index contributed by atoms with van der Waals surface area (Å²) in [6.07, 6.45) is 1.53. The molecule has 1 fully saturated rings. The number of carbonyl (C=O) groups is 2. The lowest BCUT2D eigenvalue weighted by molar-refractivity contribution is -0.128. The standard InChI is InChI=1S/C23H24N2O3/c1-16(21-14-18-8-3-4-10-20(18)28-21)24(2)23(27)19-9-5-7-17(13-19)15-25-12-6-11-22(25)26/h3-5,7-10,13-14,16H,6,11-12,15H2,1-2H3/t16-/m0/s1. The van der Waals surface area contributed by atoms with Crippen molar-refractivity contribution in [2.24, 2.45) is 0 Å². The van der Waals surface area contributed by atoms with Crippen molar-refractivity contribution in [2.45, 2.75) is 32.4 Å². The second kappa shape index (κ2) is 7.50. The molecule has 144 valence electrons. The lowest BCUT2D eigenvalue weighted by atomic mass is 10.1. The number of rotatable bonds is 5. The average molecular weight is 376 g/mol. The summed E-state index contributed by atoms with van der Waals surface area (Å²) in [6, 6.07) is 17.2. The molecule has 0 spiro atoms. The molecule has 4 rings (SSSR count). The molecule has 2 amide bonds. The summed E-state index contributed by atoms with van der Waals surface area (Å²) in [6.45, 7) is 3.31. The molecular weight excluding hydrogens is 352 g/mol. The van der Waals surface area contributed by atoms with E-state index in [1.165, 1.54) is 0 Å². The third-order valence-corrected chi connectivity index (χ3v) is 5.48. The topological polar surface area (TPSA) is 53.8 Å². The molecule has 1 atom stereocenters. The van der Waals surface area contributed by atoms with Gasteiger partial charge in [-0.3, -0.25) is 9.59 Å². The first kappa shape index (κ1) is 18.3. The van der Waals surface area contributed by atoms with Gasteiger partial charge in [0.15, 0.2) is 0 Å². The largest absolute Gasteiger partial charge is 0.459 e. The number of furan rings is 1. The van der Waals surface area contributed by atoms with E-state index in [9.17, 15) is 9.59 Å². The van der Waals surface area contributed by atoms with Crippen LogP contribution >= 0.6 is 0 Å². The van der Waals surface area contributed by atoms with Crippen molar-refractivity contribution in [3.8, 4) is 0 Å². The molecule has 0 saturated carbocycles. The Hall–Kier alpha value is -3.08. The molecule has 28 heavy (non-hydrogen) atoms. The average Bonchev–Trinajstić information content (AvgIpc) is 3.32. The number of nitrogens with zero attached hydrogens (tertiary/aromatic N) is 2. The van der Waals surface area contributed by atoms with Gasteiger partial charge < -0.3 is 14.2 Å². The molecule has 2 heterocycles. The Bertz CT molecular complexity index is 990. The highest BCUT2D eigenvalue weighted by Gasteiger charge is 2.23. The summed E-state index contributed by atoms with van der Waals surface area (Å²) in [4.78, 5) is 28.4. The van der Waals surface area contributed by atoms with Gasteiger partial charge in [0.25, 0.3) is 5.91 Å². The van der Waals surface area contributed by atoms with Gasteiger partial charge in [-0.2, -0.15) is 0 Å². The number of hydrogen-bond donors (Lipinski definition) is 0. The number of benzene rings is 2. The SMILES string of the molecule is C[C@@H](c1cc2ccccc2o1)N(C)C(=O)c1cccc(CN2CCCC2=O)c1. The van der Waals surface area contributed by atoms with Crippen molar-refractivity contribution >= 4 is 22.8 Å². The second-order valence-corrected chi connectivity index (χ2v) is 7.40. The van der Waals surface area contributed by atoms with Crippen LogP contribution in [-0.4, -0.2) is 35.2 Å². The summed E-state index contributed by atoms with van der Waals surface area (Å²) in [5, 5.41) is 1.03. The van der Waals surface area contributed by atoms with Crippen molar-refractivity contribution in [1.29, 1.82) is 0 Å². The van der Waals surface area contributed by atoms with Crippen molar-refractivity contribution < 1.29 is 14.0 Å². The molecule has 0 bridgehead atoms. The fourth-order valence-corrected chi connectivity index (χ4v) is 3.67. The van der Waals surface area contributed by atoms with E-state index in [0.29, 0.717) is 18.5 Å². The summed E-state index contributed by atoms with van der Waals surface area (Å²) >= 11 is 0. The predicted molar refractivity (Wildman–Crippen MR) is 108 cm³/mol. The number of hydrogen-bond acceptors (Lipinski definition) is 3. The van der Waals surface area contributed by atoms with Gasteiger partial charge in [-0.15, -0.1) is 0 Å². The zero-order valence-electron chi connectivity index (χ0n) is 16.2. The molecule has 2 aromatic carbocycles. The minimum absolute atomic E-state index is 0.0671. The number of likely N-dealkylation sites (tertiary alicyclic amines) is 1. The Labute approximate surface area is 164 Å². The van der Waals surface area contributed by atoms with Crippen LogP contribution in [0.15, 0.2) is 59.0 Å². The van der Waals surface area contributed by atoms with Gasteiger partial charge in [0.2, 0.25) is 5.91 Å². The van der Waals surface area contributed by atoms with Crippen LogP contribution in [0.4, 0.5) is 0 Å². The maximum absolute atomic E-state index is 13.0. The van der Waals surface area contributed by atoms with Gasteiger partial charge in [0.1, 0.15) is 11.3 Å². The summed E-state index contributed by atoms with van der Waals surface area (Å²) in [5.74, 6) is 0.880. The van der Waals surface area contributed by atoms with Gasteiger partial charge in [0.05, 0.1) is 6.04 Å². The lowest BCUT2D eigenvalue weighted by Crippen LogP contribution is -2.29. The summed E-state index contributed by atoms with van der Waals surface area (Å²) < 4.78 is 5.92. The molecule has 0 aliphatic carbocycles. The minimum Gasteiger partial charge on any atom is -0.459 e. The molecule has 5 heteroatoms. The van der Waals surface area contributed by atoms with Crippen LogP contribution in [0.1, 0.15) is 47.5 Å². The highest BCUT2D eigenvalue weighted by atomic mass is 16.3. The number of para-hydroxylation sites is 1. The van der Waals surface area contributed by atoms with E-state index >= 15 is 0 Å². The van der Waals surface area contributed by atoms with Gasteiger partial charge >= 0.3 is 0 Å². The van der Waals surface area contributed by atoms with E-state index in [2.05, 4.69) is 0 Å². The van der Waals surface area contributed by atoms with E-state index in [1.807, 2.05) is 66.4 Å². The molecule has 3 aromatic rings. The Balaban J connectivity index is 1.51. The molecular formula is C23H24N2O3. The molecule has 1 aliphatic rings. The highest BCUT2D eigenvalue weighted by molar-refractivity contribution is 5.94. The number of amides is 2. The normalized spacial score (nSPS) is 15.2. The number of fused-ring (bicyclic) bond motifs is 1. The first-order chi connectivity index (χ1) is 13.5. The fourth-order valence-electron chi connectivity index (χ4n) is 3.67.